The van der Waals surface area contributed by atoms with Crippen LogP contribution in [0.1, 0.15) is 16.1 Å². The summed E-state index contributed by atoms with van der Waals surface area (Å²) in [5.74, 6) is -1.82. The molecule has 1 aromatic heterocycles. The van der Waals surface area contributed by atoms with Gasteiger partial charge in [-0.05, 0) is 18.2 Å². The van der Waals surface area contributed by atoms with Gasteiger partial charge in [-0.1, -0.05) is 0 Å². The summed E-state index contributed by atoms with van der Waals surface area (Å²) in [5.41, 5.74) is 11.0. The predicted molar refractivity (Wildman–Crippen MR) is 73.8 cm³/mol. The first-order valence-electron chi connectivity index (χ1n) is 5.55. The van der Waals surface area contributed by atoms with Crippen molar-refractivity contribution in [2.75, 3.05) is 11.1 Å². The highest BCUT2D eigenvalue weighted by molar-refractivity contribution is 7.13. The maximum Gasteiger partial charge on any atom is 0.248 e. The molecule has 0 aliphatic heterocycles. The second-order valence-electron chi connectivity index (χ2n) is 3.96. The van der Waals surface area contributed by atoms with Crippen molar-refractivity contribution in [1.29, 1.82) is 0 Å². The summed E-state index contributed by atoms with van der Waals surface area (Å²) in [5, 5.41) is 4.37. The summed E-state index contributed by atoms with van der Waals surface area (Å²) in [6.07, 6.45) is -0.0338. The Hall–Kier alpha value is -2.48. The number of thiazole rings is 1. The molecule has 0 saturated carbocycles. The Morgan fingerprint density at radius 3 is 2.75 bits per heavy atom. The molecule has 0 fully saturated rings. The average molecular weight is 294 g/mol. The van der Waals surface area contributed by atoms with E-state index in [9.17, 15) is 14.0 Å². The van der Waals surface area contributed by atoms with E-state index < -0.39 is 17.6 Å². The van der Waals surface area contributed by atoms with E-state index in [-0.39, 0.29) is 17.7 Å². The molecule has 104 valence electrons. The first-order chi connectivity index (χ1) is 9.45. The van der Waals surface area contributed by atoms with Crippen LogP contribution >= 0.6 is 11.3 Å². The molecular formula is C12H11FN4O2S. The maximum absolute atomic E-state index is 13.5. The second kappa shape index (κ2) is 5.66. The summed E-state index contributed by atoms with van der Waals surface area (Å²) in [6.45, 7) is 0. The zero-order chi connectivity index (χ0) is 14.7. The van der Waals surface area contributed by atoms with Crippen LogP contribution in [-0.2, 0) is 11.2 Å². The van der Waals surface area contributed by atoms with Crippen molar-refractivity contribution in [3.63, 3.8) is 0 Å². The summed E-state index contributed by atoms with van der Waals surface area (Å²) in [7, 11) is 0. The van der Waals surface area contributed by atoms with E-state index in [2.05, 4.69) is 10.3 Å². The third-order valence-corrected chi connectivity index (χ3v) is 3.16. The topological polar surface area (TPSA) is 111 Å². The molecule has 8 heteroatoms. The summed E-state index contributed by atoms with van der Waals surface area (Å²) in [4.78, 5) is 26.7. The zero-order valence-electron chi connectivity index (χ0n) is 10.2. The van der Waals surface area contributed by atoms with Gasteiger partial charge in [-0.15, -0.1) is 11.3 Å². The lowest BCUT2D eigenvalue weighted by molar-refractivity contribution is -0.115. The van der Waals surface area contributed by atoms with Crippen LogP contribution in [0.25, 0.3) is 0 Å². The molecule has 0 atom stereocenters. The summed E-state index contributed by atoms with van der Waals surface area (Å²) in [6, 6.07) is 3.50. The predicted octanol–water partition coefficient (Wildman–Crippen LogP) is 1.14. The van der Waals surface area contributed by atoms with Crippen LogP contribution in [0.3, 0.4) is 0 Å². The highest BCUT2D eigenvalue weighted by Crippen LogP contribution is 2.17. The van der Waals surface area contributed by atoms with Gasteiger partial charge in [0.1, 0.15) is 5.82 Å². The lowest BCUT2D eigenvalue weighted by Crippen LogP contribution is -2.17. The van der Waals surface area contributed by atoms with Crippen LogP contribution in [0.4, 0.5) is 15.2 Å². The number of carbonyl (C=O) groups is 2. The van der Waals surface area contributed by atoms with E-state index in [1.165, 1.54) is 23.5 Å². The number of anilines is 2. The molecule has 0 unspecified atom stereocenters. The molecule has 2 rings (SSSR count). The van der Waals surface area contributed by atoms with Crippen molar-refractivity contribution < 1.29 is 14.0 Å². The molecule has 6 nitrogen and oxygen atoms in total. The van der Waals surface area contributed by atoms with Crippen molar-refractivity contribution >= 4 is 34.0 Å². The molecule has 1 heterocycles. The number of primary amides is 1. The molecular weight excluding hydrogens is 283 g/mol. The number of nitrogen functional groups attached to an aromatic ring is 1. The molecule has 0 bridgehead atoms. The molecule has 1 aromatic carbocycles. The van der Waals surface area contributed by atoms with E-state index in [1.807, 2.05) is 0 Å². The van der Waals surface area contributed by atoms with Gasteiger partial charge in [-0.25, -0.2) is 9.37 Å². The van der Waals surface area contributed by atoms with E-state index in [4.69, 9.17) is 11.5 Å². The van der Waals surface area contributed by atoms with E-state index in [0.29, 0.717) is 10.8 Å². The van der Waals surface area contributed by atoms with Crippen LogP contribution in [0.2, 0.25) is 0 Å². The summed E-state index contributed by atoms with van der Waals surface area (Å²) < 4.78 is 13.5. The molecule has 5 N–H and O–H groups in total. The first kappa shape index (κ1) is 13.9. The van der Waals surface area contributed by atoms with Gasteiger partial charge in [-0.2, -0.15) is 0 Å². The van der Waals surface area contributed by atoms with Gasteiger partial charge in [0.15, 0.2) is 5.13 Å². The minimum atomic E-state index is -0.701. The van der Waals surface area contributed by atoms with E-state index in [0.717, 1.165) is 6.07 Å². The molecule has 0 aliphatic carbocycles. The fraction of sp³-hybridized carbons (Fsp3) is 0.0833. The van der Waals surface area contributed by atoms with Gasteiger partial charge < -0.3 is 16.8 Å². The number of carbonyl (C=O) groups excluding carboxylic acids is 2. The van der Waals surface area contributed by atoms with Crippen LogP contribution < -0.4 is 16.8 Å². The van der Waals surface area contributed by atoms with Gasteiger partial charge in [0.2, 0.25) is 11.8 Å². The van der Waals surface area contributed by atoms with Crippen LogP contribution in [0, 0.1) is 5.82 Å². The van der Waals surface area contributed by atoms with Gasteiger partial charge in [0.25, 0.3) is 0 Å². The standard InChI is InChI=1S/C12H11FN4O2S/c13-8-2-1-6(11(14)19)3-9(8)17-10(18)4-7-5-20-12(15)16-7/h1-3,5H,4H2,(H2,14,19)(H2,15,16)(H,17,18). The minimum absolute atomic E-state index is 0.0338. The molecule has 0 saturated heterocycles. The highest BCUT2D eigenvalue weighted by Gasteiger charge is 2.12. The molecule has 0 radical (unpaired) electrons. The molecule has 20 heavy (non-hydrogen) atoms. The van der Waals surface area contributed by atoms with Crippen molar-refractivity contribution in [1.82, 2.24) is 4.98 Å². The number of hydrogen-bond donors (Lipinski definition) is 3. The molecule has 0 aliphatic rings. The summed E-state index contributed by atoms with van der Waals surface area (Å²) >= 11 is 1.21. The Labute approximate surface area is 117 Å². The van der Waals surface area contributed by atoms with Crippen LogP contribution in [0.5, 0.6) is 0 Å². The number of amides is 2. The van der Waals surface area contributed by atoms with E-state index in [1.54, 1.807) is 5.38 Å². The lowest BCUT2D eigenvalue weighted by Gasteiger charge is -2.06. The molecule has 2 aromatic rings. The highest BCUT2D eigenvalue weighted by atomic mass is 32.1. The number of aromatic nitrogens is 1. The number of nitrogens with one attached hydrogen (secondary N) is 1. The number of rotatable bonds is 4. The smallest absolute Gasteiger partial charge is 0.248 e. The fourth-order valence-corrected chi connectivity index (χ4v) is 2.10. The monoisotopic (exact) mass is 294 g/mol. The Kier molecular flexibility index (Phi) is 3.94. The Bertz CT molecular complexity index is 671. The Morgan fingerprint density at radius 1 is 1.40 bits per heavy atom. The quantitative estimate of drug-likeness (QED) is 0.785. The number of benzene rings is 1. The van der Waals surface area contributed by atoms with Crippen molar-refractivity contribution in [2.45, 2.75) is 6.42 Å². The largest absolute Gasteiger partial charge is 0.375 e. The molecule has 0 spiro atoms. The lowest BCUT2D eigenvalue weighted by atomic mass is 10.2. The average Bonchev–Trinajstić information content (AvgIpc) is 2.77. The Balaban J connectivity index is 2.11. The minimum Gasteiger partial charge on any atom is -0.375 e. The number of halogens is 1. The Morgan fingerprint density at radius 2 is 2.15 bits per heavy atom. The van der Waals surface area contributed by atoms with Crippen molar-refractivity contribution in [3.05, 3.63) is 40.7 Å². The third-order valence-electron chi connectivity index (χ3n) is 2.44. The van der Waals surface area contributed by atoms with Crippen molar-refractivity contribution in [2.24, 2.45) is 5.73 Å². The second-order valence-corrected chi connectivity index (χ2v) is 4.85. The van der Waals surface area contributed by atoms with Crippen molar-refractivity contribution in [3.8, 4) is 0 Å². The fourth-order valence-electron chi connectivity index (χ4n) is 1.54. The van der Waals surface area contributed by atoms with E-state index >= 15 is 0 Å². The van der Waals surface area contributed by atoms with Gasteiger partial charge >= 0.3 is 0 Å². The molecule has 2 amide bonds. The SMILES string of the molecule is NC(=O)c1ccc(F)c(NC(=O)Cc2csc(N)n2)c1. The normalized spacial score (nSPS) is 10.2. The number of nitrogens with zero attached hydrogens (tertiary/aromatic N) is 1. The number of hydrogen-bond acceptors (Lipinski definition) is 5. The maximum atomic E-state index is 13.5. The third kappa shape index (κ3) is 3.29. The van der Waals surface area contributed by atoms with Crippen LogP contribution in [0.15, 0.2) is 23.6 Å². The van der Waals surface area contributed by atoms with Gasteiger partial charge in [0, 0.05) is 10.9 Å². The first-order valence-corrected chi connectivity index (χ1v) is 6.43. The zero-order valence-corrected chi connectivity index (χ0v) is 11.0. The van der Waals surface area contributed by atoms with Crippen LogP contribution in [-0.4, -0.2) is 16.8 Å². The van der Waals surface area contributed by atoms with Gasteiger partial charge in [-0.3, -0.25) is 9.59 Å². The van der Waals surface area contributed by atoms with Gasteiger partial charge in [0.05, 0.1) is 17.8 Å². The number of nitrogens with two attached hydrogens (primary N) is 2.